The number of fused-ring (bicyclic) bond motifs is 1. The lowest BCUT2D eigenvalue weighted by Crippen LogP contribution is -2.40. The number of aliphatic hydroxyl groups excluding tert-OH is 1. The summed E-state index contributed by atoms with van der Waals surface area (Å²) in [6.07, 6.45) is -12.5. The van der Waals surface area contributed by atoms with Crippen LogP contribution < -0.4 is 0 Å². The maximum atomic E-state index is 12.6. The average molecular weight is 309 g/mol. The van der Waals surface area contributed by atoms with E-state index in [4.69, 9.17) is 0 Å². The summed E-state index contributed by atoms with van der Waals surface area (Å²) in [5, 5.41) is 9.90. The van der Waals surface area contributed by atoms with Gasteiger partial charge in [0.25, 0.3) is 0 Å². The van der Waals surface area contributed by atoms with Crippen LogP contribution in [0.15, 0.2) is 36.5 Å². The van der Waals surface area contributed by atoms with Gasteiger partial charge in [0, 0.05) is 11.6 Å². The Kier molecular flexibility index (Phi) is 3.83. The minimum Gasteiger partial charge on any atom is -0.387 e. The largest absolute Gasteiger partial charge is 0.403 e. The van der Waals surface area contributed by atoms with Crippen LogP contribution in [-0.4, -0.2) is 22.4 Å². The van der Waals surface area contributed by atoms with E-state index in [2.05, 4.69) is 4.98 Å². The number of aromatic nitrogens is 1. The Bertz CT molecular complexity index is 622. The first-order valence-electron chi connectivity index (χ1n) is 5.77. The Morgan fingerprint density at radius 3 is 2.14 bits per heavy atom. The predicted molar refractivity (Wildman–Crippen MR) is 62.3 cm³/mol. The van der Waals surface area contributed by atoms with Gasteiger partial charge >= 0.3 is 12.4 Å². The molecule has 2 rings (SSSR count). The molecular formula is C13H9F6NO. The highest BCUT2D eigenvalue weighted by Crippen LogP contribution is 2.46. The average Bonchev–Trinajstić information content (AvgIpc) is 2.34. The number of aliphatic hydroxyl groups is 1. The lowest BCUT2D eigenvalue weighted by Gasteiger charge is -2.27. The summed E-state index contributed by atoms with van der Waals surface area (Å²) in [6.45, 7) is 0. The van der Waals surface area contributed by atoms with E-state index in [0.717, 1.165) is 12.1 Å². The van der Waals surface area contributed by atoms with Gasteiger partial charge in [-0.15, -0.1) is 0 Å². The van der Waals surface area contributed by atoms with Crippen LogP contribution in [0, 0.1) is 5.92 Å². The molecule has 0 fully saturated rings. The Hall–Kier alpha value is -1.83. The summed E-state index contributed by atoms with van der Waals surface area (Å²) in [6, 6.07) is 6.30. The first kappa shape index (κ1) is 15.6. The van der Waals surface area contributed by atoms with Gasteiger partial charge in [-0.25, -0.2) is 0 Å². The number of benzene rings is 1. The number of hydrogen-bond donors (Lipinski definition) is 1. The molecule has 0 aliphatic carbocycles. The molecule has 1 N–H and O–H groups in total. The van der Waals surface area contributed by atoms with E-state index in [0.29, 0.717) is 10.9 Å². The fourth-order valence-corrected chi connectivity index (χ4v) is 2.01. The molecule has 0 aliphatic rings. The second-order valence-corrected chi connectivity index (χ2v) is 4.46. The number of nitrogens with zero attached hydrogens (tertiary/aromatic N) is 1. The molecule has 0 bridgehead atoms. The molecule has 1 aromatic heterocycles. The van der Waals surface area contributed by atoms with Crippen molar-refractivity contribution in [2.75, 3.05) is 0 Å². The van der Waals surface area contributed by atoms with Gasteiger partial charge < -0.3 is 5.11 Å². The third-order valence-corrected chi connectivity index (χ3v) is 2.99. The van der Waals surface area contributed by atoms with E-state index in [1.807, 2.05) is 0 Å². The van der Waals surface area contributed by atoms with Crippen molar-refractivity contribution >= 4 is 10.9 Å². The highest BCUT2D eigenvalue weighted by atomic mass is 19.4. The van der Waals surface area contributed by atoms with Crippen molar-refractivity contribution in [2.45, 2.75) is 18.5 Å². The standard InChI is InChI=1S/C13H9F6NO/c14-12(15,16)11(13(17,18)19)10(21)8-3-4-9-7(6-8)2-1-5-20-9/h1-6,10-11,21H. The SMILES string of the molecule is OC(c1ccc2ncccc2c1)C(C(F)(F)F)C(F)(F)F. The highest BCUT2D eigenvalue weighted by Gasteiger charge is 2.60. The maximum absolute atomic E-state index is 12.6. The van der Waals surface area contributed by atoms with E-state index < -0.39 is 29.9 Å². The number of pyridine rings is 1. The molecule has 0 radical (unpaired) electrons. The molecule has 1 unspecified atom stereocenters. The molecule has 2 aromatic rings. The molecule has 0 spiro atoms. The van der Waals surface area contributed by atoms with Crippen molar-refractivity contribution in [2.24, 2.45) is 5.92 Å². The van der Waals surface area contributed by atoms with Crippen LogP contribution in [0.5, 0.6) is 0 Å². The molecule has 1 heterocycles. The maximum Gasteiger partial charge on any atom is 0.403 e. The summed E-state index contributed by atoms with van der Waals surface area (Å²) >= 11 is 0. The zero-order valence-corrected chi connectivity index (χ0v) is 10.3. The van der Waals surface area contributed by atoms with Crippen molar-refractivity contribution in [1.29, 1.82) is 0 Å². The second kappa shape index (κ2) is 5.18. The molecule has 2 nitrogen and oxygen atoms in total. The number of alkyl halides is 6. The predicted octanol–water partition coefficient (Wildman–Crippen LogP) is 4.01. The van der Waals surface area contributed by atoms with Crippen molar-refractivity contribution in [3.8, 4) is 0 Å². The second-order valence-electron chi connectivity index (χ2n) is 4.46. The van der Waals surface area contributed by atoms with E-state index in [9.17, 15) is 31.4 Å². The van der Waals surface area contributed by atoms with Crippen LogP contribution in [0.4, 0.5) is 26.3 Å². The first-order chi connectivity index (χ1) is 9.60. The van der Waals surface area contributed by atoms with E-state index in [1.54, 1.807) is 0 Å². The molecule has 1 aromatic carbocycles. The van der Waals surface area contributed by atoms with Crippen molar-refractivity contribution in [3.63, 3.8) is 0 Å². The van der Waals surface area contributed by atoms with E-state index >= 15 is 0 Å². The van der Waals surface area contributed by atoms with Gasteiger partial charge in [-0.1, -0.05) is 12.1 Å². The topological polar surface area (TPSA) is 33.1 Å². The third kappa shape index (κ3) is 3.26. The summed E-state index contributed by atoms with van der Waals surface area (Å²) in [4.78, 5) is 3.90. The molecule has 8 heteroatoms. The van der Waals surface area contributed by atoms with Gasteiger partial charge in [-0.3, -0.25) is 4.98 Å². The van der Waals surface area contributed by atoms with Crippen molar-refractivity contribution in [1.82, 2.24) is 4.98 Å². The molecule has 114 valence electrons. The normalized spacial score (nSPS) is 14.7. The zero-order valence-electron chi connectivity index (χ0n) is 10.3. The van der Waals surface area contributed by atoms with Gasteiger partial charge in [0.2, 0.25) is 0 Å². The highest BCUT2D eigenvalue weighted by molar-refractivity contribution is 5.79. The fraction of sp³-hybridized carbons (Fsp3) is 0.308. The molecular weight excluding hydrogens is 300 g/mol. The van der Waals surface area contributed by atoms with Crippen LogP contribution in [0.25, 0.3) is 10.9 Å². The molecule has 0 aliphatic heterocycles. The fourth-order valence-electron chi connectivity index (χ4n) is 2.01. The Morgan fingerprint density at radius 1 is 0.952 bits per heavy atom. The molecule has 1 atom stereocenters. The minimum absolute atomic E-state index is 0.345. The lowest BCUT2D eigenvalue weighted by atomic mass is 9.93. The molecule has 21 heavy (non-hydrogen) atoms. The van der Waals surface area contributed by atoms with Crippen molar-refractivity contribution < 1.29 is 31.4 Å². The quantitative estimate of drug-likeness (QED) is 0.850. The molecule has 0 amide bonds. The van der Waals surface area contributed by atoms with Gasteiger partial charge in [0.15, 0.2) is 5.92 Å². The summed E-state index contributed by atoms with van der Waals surface area (Å²) in [5.41, 5.74) is -0.0563. The zero-order chi connectivity index (χ0) is 15.8. The van der Waals surface area contributed by atoms with Crippen molar-refractivity contribution in [3.05, 3.63) is 42.1 Å². The summed E-state index contributed by atoms with van der Waals surface area (Å²) in [5.74, 6) is -3.83. The van der Waals surface area contributed by atoms with Crippen LogP contribution in [0.1, 0.15) is 11.7 Å². The van der Waals surface area contributed by atoms with Gasteiger partial charge in [-0.05, 0) is 23.8 Å². The van der Waals surface area contributed by atoms with Crippen LogP contribution >= 0.6 is 0 Å². The smallest absolute Gasteiger partial charge is 0.387 e. The Morgan fingerprint density at radius 2 is 1.57 bits per heavy atom. The summed E-state index contributed by atoms with van der Waals surface area (Å²) in [7, 11) is 0. The van der Waals surface area contributed by atoms with Crippen LogP contribution in [-0.2, 0) is 0 Å². The van der Waals surface area contributed by atoms with Crippen LogP contribution in [0.3, 0.4) is 0 Å². The summed E-state index contributed by atoms with van der Waals surface area (Å²) < 4.78 is 75.4. The van der Waals surface area contributed by atoms with Gasteiger partial charge in [-0.2, -0.15) is 26.3 Å². The number of hydrogen-bond acceptors (Lipinski definition) is 2. The van der Waals surface area contributed by atoms with Crippen LogP contribution in [0.2, 0.25) is 0 Å². The minimum atomic E-state index is -5.60. The Balaban J connectivity index is 2.46. The lowest BCUT2D eigenvalue weighted by molar-refractivity contribution is -0.307. The molecule has 0 saturated carbocycles. The van der Waals surface area contributed by atoms with Gasteiger partial charge in [0.05, 0.1) is 11.6 Å². The first-order valence-corrected chi connectivity index (χ1v) is 5.77. The third-order valence-electron chi connectivity index (χ3n) is 2.99. The van der Waals surface area contributed by atoms with Gasteiger partial charge in [0.1, 0.15) is 0 Å². The molecule has 0 saturated heterocycles. The number of halogens is 6. The van der Waals surface area contributed by atoms with E-state index in [-0.39, 0.29) is 0 Å². The van der Waals surface area contributed by atoms with E-state index in [1.165, 1.54) is 24.4 Å². The number of rotatable bonds is 2. The monoisotopic (exact) mass is 309 g/mol. The Labute approximate surface area is 115 Å².